The number of phenolic OH excluding ortho intramolecular Hbond substituents is 1. The number of phenols is 1. The van der Waals surface area contributed by atoms with E-state index in [1.54, 1.807) is 6.07 Å². The highest BCUT2D eigenvalue weighted by atomic mass is 16.3. The first-order valence-electron chi connectivity index (χ1n) is 9.72. The second kappa shape index (κ2) is 9.75. The summed E-state index contributed by atoms with van der Waals surface area (Å²) in [4.78, 5) is 4.90. The maximum absolute atomic E-state index is 10.1. The van der Waals surface area contributed by atoms with Gasteiger partial charge in [-0.3, -0.25) is 9.80 Å². The first-order valence-corrected chi connectivity index (χ1v) is 9.72. The van der Waals surface area contributed by atoms with E-state index in [0.29, 0.717) is 5.75 Å². The van der Waals surface area contributed by atoms with Gasteiger partial charge in [-0.2, -0.15) is 0 Å². The van der Waals surface area contributed by atoms with Gasteiger partial charge in [0.1, 0.15) is 5.75 Å². The fourth-order valence-corrected chi connectivity index (χ4v) is 3.27. The van der Waals surface area contributed by atoms with Gasteiger partial charge in [-0.15, -0.1) is 0 Å². The molecule has 0 heterocycles. The SMILES string of the molecule is CCN(CCN(CC)Cc1cc(C)ccc1O)Cc1cc(C)ccc1C. The topological polar surface area (TPSA) is 26.7 Å². The monoisotopic (exact) mass is 354 g/mol. The molecule has 2 aromatic carbocycles. The van der Waals surface area contributed by atoms with Crippen molar-refractivity contribution in [3.63, 3.8) is 0 Å². The fourth-order valence-electron chi connectivity index (χ4n) is 3.27. The largest absolute Gasteiger partial charge is 0.508 e. The number of aromatic hydroxyl groups is 1. The molecule has 3 nitrogen and oxygen atoms in total. The molecule has 0 aromatic heterocycles. The van der Waals surface area contributed by atoms with Crippen LogP contribution in [0, 0.1) is 20.8 Å². The summed E-state index contributed by atoms with van der Waals surface area (Å²) in [7, 11) is 0. The van der Waals surface area contributed by atoms with E-state index in [1.807, 2.05) is 6.07 Å². The van der Waals surface area contributed by atoms with E-state index in [0.717, 1.165) is 44.8 Å². The third kappa shape index (κ3) is 5.86. The van der Waals surface area contributed by atoms with Crippen LogP contribution in [0.4, 0.5) is 0 Å². The maximum atomic E-state index is 10.1. The predicted molar refractivity (Wildman–Crippen MR) is 111 cm³/mol. The second-order valence-corrected chi connectivity index (χ2v) is 7.30. The van der Waals surface area contributed by atoms with Crippen LogP contribution in [0.2, 0.25) is 0 Å². The molecule has 0 aliphatic carbocycles. The highest BCUT2D eigenvalue weighted by Gasteiger charge is 2.11. The molecule has 142 valence electrons. The molecule has 0 unspecified atom stereocenters. The molecule has 0 radical (unpaired) electrons. The van der Waals surface area contributed by atoms with Crippen LogP contribution >= 0.6 is 0 Å². The van der Waals surface area contributed by atoms with Crippen LogP contribution in [0.15, 0.2) is 36.4 Å². The zero-order valence-corrected chi connectivity index (χ0v) is 17.0. The average molecular weight is 355 g/mol. The predicted octanol–water partition coefficient (Wildman–Crippen LogP) is 4.66. The van der Waals surface area contributed by atoms with Gasteiger partial charge in [0, 0.05) is 31.7 Å². The van der Waals surface area contributed by atoms with Crippen molar-refractivity contribution in [3.8, 4) is 5.75 Å². The van der Waals surface area contributed by atoms with Gasteiger partial charge >= 0.3 is 0 Å². The molecule has 1 N–H and O–H groups in total. The molecule has 0 saturated carbocycles. The van der Waals surface area contributed by atoms with Crippen molar-refractivity contribution in [1.82, 2.24) is 9.80 Å². The molecule has 0 atom stereocenters. The molecular weight excluding hydrogens is 320 g/mol. The minimum absolute atomic E-state index is 0.400. The number of likely N-dealkylation sites (N-methyl/N-ethyl adjacent to an activating group) is 2. The lowest BCUT2D eigenvalue weighted by molar-refractivity contribution is 0.203. The van der Waals surface area contributed by atoms with Gasteiger partial charge in [0.2, 0.25) is 0 Å². The quantitative estimate of drug-likeness (QED) is 0.709. The minimum atomic E-state index is 0.400. The minimum Gasteiger partial charge on any atom is -0.508 e. The highest BCUT2D eigenvalue weighted by Crippen LogP contribution is 2.20. The number of nitrogens with zero attached hydrogens (tertiary/aromatic N) is 2. The van der Waals surface area contributed by atoms with Crippen molar-refractivity contribution in [2.45, 2.75) is 47.7 Å². The van der Waals surface area contributed by atoms with Crippen LogP contribution in [0.5, 0.6) is 5.75 Å². The Bertz CT molecular complexity index is 650. The molecule has 0 spiro atoms. The van der Waals surface area contributed by atoms with Crippen LogP contribution in [0.1, 0.15) is 41.7 Å². The lowest BCUT2D eigenvalue weighted by Crippen LogP contribution is -2.34. The Morgan fingerprint density at radius 1 is 0.731 bits per heavy atom. The summed E-state index contributed by atoms with van der Waals surface area (Å²) in [5.74, 6) is 0.400. The molecule has 0 bridgehead atoms. The first-order chi connectivity index (χ1) is 12.4. The van der Waals surface area contributed by atoms with Gasteiger partial charge in [-0.05, 0) is 51.1 Å². The number of rotatable bonds is 9. The summed E-state index contributed by atoms with van der Waals surface area (Å²) in [5.41, 5.74) is 6.33. The first kappa shape index (κ1) is 20.5. The van der Waals surface area contributed by atoms with E-state index in [2.05, 4.69) is 68.7 Å². The third-order valence-electron chi connectivity index (χ3n) is 5.15. The maximum Gasteiger partial charge on any atom is 0.120 e. The highest BCUT2D eigenvalue weighted by molar-refractivity contribution is 5.35. The van der Waals surface area contributed by atoms with Crippen molar-refractivity contribution in [2.24, 2.45) is 0 Å². The van der Waals surface area contributed by atoms with Crippen LogP contribution in [-0.4, -0.2) is 41.1 Å². The normalized spacial score (nSPS) is 11.5. The fraction of sp³-hybridized carbons (Fsp3) is 0.478. The van der Waals surface area contributed by atoms with Crippen LogP contribution < -0.4 is 0 Å². The smallest absolute Gasteiger partial charge is 0.120 e. The molecule has 26 heavy (non-hydrogen) atoms. The van der Waals surface area contributed by atoms with Crippen LogP contribution in [0.3, 0.4) is 0 Å². The third-order valence-corrected chi connectivity index (χ3v) is 5.15. The molecule has 3 heteroatoms. The van der Waals surface area contributed by atoms with Gasteiger partial charge < -0.3 is 5.11 Å². The lowest BCUT2D eigenvalue weighted by atomic mass is 10.1. The van der Waals surface area contributed by atoms with Crippen molar-refractivity contribution in [3.05, 3.63) is 64.2 Å². The molecule has 0 fully saturated rings. The zero-order chi connectivity index (χ0) is 19.1. The number of benzene rings is 2. The summed E-state index contributed by atoms with van der Waals surface area (Å²) in [5, 5.41) is 10.1. The van der Waals surface area contributed by atoms with Gasteiger partial charge in [0.25, 0.3) is 0 Å². The summed E-state index contributed by atoms with van der Waals surface area (Å²) >= 11 is 0. The Kier molecular flexibility index (Phi) is 7.67. The average Bonchev–Trinajstić information content (AvgIpc) is 2.62. The lowest BCUT2D eigenvalue weighted by Gasteiger charge is -2.27. The summed E-state index contributed by atoms with van der Waals surface area (Å²) in [6, 6.07) is 12.6. The van der Waals surface area contributed by atoms with E-state index in [1.165, 1.54) is 22.3 Å². The second-order valence-electron chi connectivity index (χ2n) is 7.30. The van der Waals surface area contributed by atoms with E-state index in [9.17, 15) is 5.11 Å². The Labute approximate surface area is 159 Å². The van der Waals surface area contributed by atoms with Gasteiger partial charge in [-0.1, -0.05) is 55.3 Å². The summed E-state index contributed by atoms with van der Waals surface area (Å²) < 4.78 is 0. The Morgan fingerprint density at radius 2 is 1.23 bits per heavy atom. The Balaban J connectivity index is 1.96. The van der Waals surface area contributed by atoms with Crippen LogP contribution in [-0.2, 0) is 13.1 Å². The van der Waals surface area contributed by atoms with Crippen molar-refractivity contribution in [1.29, 1.82) is 0 Å². The van der Waals surface area contributed by atoms with Crippen LogP contribution in [0.25, 0.3) is 0 Å². The molecule has 2 aromatic rings. The van der Waals surface area contributed by atoms with Crippen molar-refractivity contribution >= 4 is 0 Å². The molecule has 0 aliphatic heterocycles. The molecule has 0 saturated heterocycles. The van der Waals surface area contributed by atoms with Crippen molar-refractivity contribution in [2.75, 3.05) is 26.2 Å². The van der Waals surface area contributed by atoms with Gasteiger partial charge in [0.15, 0.2) is 0 Å². The molecule has 2 rings (SSSR count). The van der Waals surface area contributed by atoms with E-state index in [4.69, 9.17) is 0 Å². The molecule has 0 amide bonds. The summed E-state index contributed by atoms with van der Waals surface area (Å²) in [6.45, 7) is 16.7. The van der Waals surface area contributed by atoms with Gasteiger partial charge in [0.05, 0.1) is 0 Å². The van der Waals surface area contributed by atoms with Gasteiger partial charge in [-0.25, -0.2) is 0 Å². The molecular formula is C23H34N2O. The standard InChI is InChI=1S/C23H34N2O/c1-6-24(16-21-14-18(3)8-10-20(21)5)12-13-25(7-2)17-22-15-19(4)9-11-23(22)26/h8-11,14-15,26H,6-7,12-13,16-17H2,1-5H3. The molecule has 0 aliphatic rings. The van der Waals surface area contributed by atoms with E-state index < -0.39 is 0 Å². The number of hydrogen-bond acceptors (Lipinski definition) is 3. The number of aryl methyl sites for hydroxylation is 3. The Morgan fingerprint density at radius 3 is 1.81 bits per heavy atom. The number of hydrogen-bond donors (Lipinski definition) is 1. The van der Waals surface area contributed by atoms with E-state index >= 15 is 0 Å². The summed E-state index contributed by atoms with van der Waals surface area (Å²) in [6.07, 6.45) is 0. The van der Waals surface area contributed by atoms with Crippen molar-refractivity contribution < 1.29 is 5.11 Å². The zero-order valence-electron chi connectivity index (χ0n) is 17.0. The Hall–Kier alpha value is -1.84. The van der Waals surface area contributed by atoms with E-state index in [-0.39, 0.29) is 0 Å².